The van der Waals surface area contributed by atoms with Crippen molar-refractivity contribution in [3.05, 3.63) is 59.8 Å². The van der Waals surface area contributed by atoms with Gasteiger partial charge >= 0.3 is 0 Å². The van der Waals surface area contributed by atoms with Gasteiger partial charge in [0.1, 0.15) is 0 Å². The molecule has 0 aromatic rings. The zero-order chi connectivity index (χ0) is 11.9. The summed E-state index contributed by atoms with van der Waals surface area (Å²) in [4.78, 5) is 0. The van der Waals surface area contributed by atoms with Crippen molar-refractivity contribution in [3.63, 3.8) is 0 Å². The lowest BCUT2D eigenvalue weighted by Gasteiger charge is -2.19. The van der Waals surface area contributed by atoms with Crippen molar-refractivity contribution in [1.29, 1.82) is 0 Å². The molecule has 0 aromatic carbocycles. The molecule has 0 N–H and O–H groups in total. The monoisotopic (exact) mass is 226 g/mol. The Morgan fingerprint density at radius 3 is 2.88 bits per heavy atom. The first-order valence-corrected chi connectivity index (χ1v) is 6.78. The molecule has 0 aliphatic heterocycles. The molecule has 0 heterocycles. The molecule has 2 aliphatic carbocycles. The van der Waals surface area contributed by atoms with E-state index in [-0.39, 0.29) is 0 Å². The van der Waals surface area contributed by atoms with Crippen molar-refractivity contribution in [3.8, 4) is 0 Å². The smallest absolute Gasteiger partial charge is 0.00178 e. The van der Waals surface area contributed by atoms with E-state index in [2.05, 4.69) is 55.5 Å². The van der Waals surface area contributed by atoms with Crippen LogP contribution in [0.15, 0.2) is 59.8 Å². The topological polar surface area (TPSA) is 0 Å². The average molecular weight is 226 g/mol. The van der Waals surface area contributed by atoms with Gasteiger partial charge in [0.05, 0.1) is 0 Å². The van der Waals surface area contributed by atoms with Crippen LogP contribution >= 0.6 is 0 Å². The second-order valence-electron chi connectivity index (χ2n) is 4.78. The highest BCUT2D eigenvalue weighted by atomic mass is 14.2. The van der Waals surface area contributed by atoms with Crippen LogP contribution in [-0.4, -0.2) is 0 Å². The van der Waals surface area contributed by atoms with Crippen molar-refractivity contribution < 1.29 is 0 Å². The van der Waals surface area contributed by atoms with Crippen LogP contribution in [-0.2, 0) is 0 Å². The zero-order valence-corrected chi connectivity index (χ0v) is 10.7. The number of hydrogen-bond acceptors (Lipinski definition) is 0. The summed E-state index contributed by atoms with van der Waals surface area (Å²) in [6.07, 6.45) is 24.2. The van der Waals surface area contributed by atoms with Crippen molar-refractivity contribution in [2.75, 3.05) is 0 Å². The molecule has 0 nitrogen and oxygen atoms in total. The number of hydrogen-bond donors (Lipinski definition) is 0. The predicted octanol–water partition coefficient (Wildman–Crippen LogP) is 5.12. The Morgan fingerprint density at radius 2 is 2.24 bits per heavy atom. The van der Waals surface area contributed by atoms with Gasteiger partial charge in [-0.3, -0.25) is 0 Å². The lowest BCUT2D eigenvalue weighted by atomic mass is 9.86. The van der Waals surface area contributed by atoms with Gasteiger partial charge in [0.15, 0.2) is 0 Å². The molecule has 2 rings (SSSR count). The maximum Gasteiger partial charge on any atom is 0.00178 e. The highest BCUT2D eigenvalue weighted by Crippen LogP contribution is 2.28. The molecule has 1 atom stereocenters. The summed E-state index contributed by atoms with van der Waals surface area (Å²) >= 11 is 0. The summed E-state index contributed by atoms with van der Waals surface area (Å²) < 4.78 is 0. The molecule has 90 valence electrons. The molecule has 0 aromatic heterocycles. The van der Waals surface area contributed by atoms with Gasteiger partial charge in [-0.25, -0.2) is 0 Å². The van der Waals surface area contributed by atoms with Gasteiger partial charge in [0.25, 0.3) is 0 Å². The highest BCUT2D eigenvalue weighted by Gasteiger charge is 2.12. The molecule has 0 fully saturated rings. The highest BCUT2D eigenvalue weighted by molar-refractivity contribution is 5.31. The lowest BCUT2D eigenvalue weighted by molar-refractivity contribution is 0.733. The normalized spacial score (nSPS) is 23.9. The van der Waals surface area contributed by atoms with E-state index in [1.807, 2.05) is 0 Å². The maximum absolute atomic E-state index is 2.41. The van der Waals surface area contributed by atoms with Crippen LogP contribution in [0.5, 0.6) is 0 Å². The molecule has 0 bridgehead atoms. The minimum atomic E-state index is 0.621. The molecule has 0 amide bonds. The first kappa shape index (κ1) is 12.2. The van der Waals surface area contributed by atoms with Crippen LogP contribution < -0.4 is 0 Å². The van der Waals surface area contributed by atoms with Gasteiger partial charge in [-0.15, -0.1) is 0 Å². The van der Waals surface area contributed by atoms with Crippen LogP contribution in [0.3, 0.4) is 0 Å². The van der Waals surface area contributed by atoms with E-state index in [1.54, 1.807) is 5.57 Å². The Morgan fingerprint density at radius 1 is 1.29 bits per heavy atom. The fourth-order valence-corrected chi connectivity index (χ4v) is 2.51. The molecule has 0 heteroatoms. The maximum atomic E-state index is 2.41. The molecule has 1 unspecified atom stereocenters. The van der Waals surface area contributed by atoms with Gasteiger partial charge in [0.2, 0.25) is 0 Å². The average Bonchev–Trinajstić information content (AvgIpc) is 2.40. The van der Waals surface area contributed by atoms with Gasteiger partial charge in [-0.1, -0.05) is 61.1 Å². The van der Waals surface area contributed by atoms with Gasteiger partial charge < -0.3 is 0 Å². The standard InChI is InChI=1S/C17H22/c1-2-9-17(16-12-7-4-8-13-16)14-15-10-5-3-6-11-15/h4-5,7-12,16H,2-3,6,13-14H2,1H3/b17-9-. The molecule has 0 radical (unpaired) electrons. The summed E-state index contributed by atoms with van der Waals surface area (Å²) in [5.41, 5.74) is 3.09. The minimum Gasteiger partial charge on any atom is -0.0847 e. The molecule has 0 spiro atoms. The van der Waals surface area contributed by atoms with Gasteiger partial charge in [0, 0.05) is 5.92 Å². The summed E-state index contributed by atoms with van der Waals surface area (Å²) in [5.74, 6) is 0.621. The first-order chi connectivity index (χ1) is 8.40. The Labute approximate surface area is 105 Å². The van der Waals surface area contributed by atoms with Crippen LogP contribution in [0.1, 0.15) is 39.0 Å². The summed E-state index contributed by atoms with van der Waals surface area (Å²) in [7, 11) is 0. The van der Waals surface area contributed by atoms with Crippen molar-refractivity contribution in [1.82, 2.24) is 0 Å². The van der Waals surface area contributed by atoms with E-state index in [1.165, 1.54) is 24.8 Å². The summed E-state index contributed by atoms with van der Waals surface area (Å²) in [5, 5.41) is 0. The van der Waals surface area contributed by atoms with E-state index < -0.39 is 0 Å². The Bertz CT molecular complexity index is 388. The van der Waals surface area contributed by atoms with E-state index in [4.69, 9.17) is 0 Å². The van der Waals surface area contributed by atoms with Crippen molar-refractivity contribution in [2.24, 2.45) is 5.92 Å². The first-order valence-electron chi connectivity index (χ1n) is 6.78. The van der Waals surface area contributed by atoms with E-state index >= 15 is 0 Å². The summed E-state index contributed by atoms with van der Waals surface area (Å²) in [6.45, 7) is 2.23. The minimum absolute atomic E-state index is 0.621. The van der Waals surface area contributed by atoms with Crippen molar-refractivity contribution >= 4 is 0 Å². The quantitative estimate of drug-likeness (QED) is 0.583. The van der Waals surface area contributed by atoms with Gasteiger partial charge in [-0.2, -0.15) is 0 Å². The predicted molar refractivity (Wildman–Crippen MR) is 75.8 cm³/mol. The molecule has 2 aliphatic rings. The fraction of sp³-hybridized carbons (Fsp3) is 0.412. The second-order valence-corrected chi connectivity index (χ2v) is 4.78. The van der Waals surface area contributed by atoms with Crippen LogP contribution in [0.25, 0.3) is 0 Å². The van der Waals surface area contributed by atoms with Crippen LogP contribution in [0.2, 0.25) is 0 Å². The fourth-order valence-electron chi connectivity index (χ4n) is 2.51. The second kappa shape index (κ2) is 6.44. The van der Waals surface area contributed by atoms with E-state index in [0.29, 0.717) is 5.92 Å². The molecule has 0 saturated carbocycles. The summed E-state index contributed by atoms with van der Waals surface area (Å²) in [6, 6.07) is 0. The molecule has 17 heavy (non-hydrogen) atoms. The Kier molecular flexibility index (Phi) is 4.61. The Hall–Kier alpha value is -1.30. The van der Waals surface area contributed by atoms with Crippen molar-refractivity contribution in [2.45, 2.75) is 39.0 Å². The van der Waals surface area contributed by atoms with Crippen LogP contribution in [0, 0.1) is 5.92 Å². The third-order valence-corrected chi connectivity index (χ3v) is 3.40. The molecular formula is C17H22. The number of allylic oxidation sites excluding steroid dienone is 10. The Balaban J connectivity index is 2.05. The third-order valence-electron chi connectivity index (χ3n) is 3.40. The van der Waals surface area contributed by atoms with Crippen LogP contribution in [0.4, 0.5) is 0 Å². The molecular weight excluding hydrogens is 204 g/mol. The lowest BCUT2D eigenvalue weighted by Crippen LogP contribution is -2.03. The zero-order valence-electron chi connectivity index (χ0n) is 10.7. The largest absolute Gasteiger partial charge is 0.0847 e. The molecule has 0 saturated heterocycles. The van der Waals surface area contributed by atoms with Gasteiger partial charge in [-0.05, 0) is 37.7 Å². The number of rotatable bonds is 4. The SMILES string of the molecule is CC/C=C(/CC1=CCCC=C1)C1C=CC=CC1. The van der Waals surface area contributed by atoms with E-state index in [0.717, 1.165) is 12.8 Å². The third kappa shape index (κ3) is 3.59. The van der Waals surface area contributed by atoms with E-state index in [9.17, 15) is 0 Å².